The molecule has 2 amide bonds. The third-order valence-corrected chi connectivity index (χ3v) is 6.62. The molecule has 0 aliphatic heterocycles. The summed E-state index contributed by atoms with van der Waals surface area (Å²) in [6.45, 7) is 2.24. The quantitative estimate of drug-likeness (QED) is 0.683. The van der Waals surface area contributed by atoms with Crippen molar-refractivity contribution in [2.75, 3.05) is 12.4 Å². The molecule has 0 unspecified atom stereocenters. The smallest absolute Gasteiger partial charge is 0.254 e. The Kier molecular flexibility index (Phi) is 5.18. The predicted octanol–water partition coefficient (Wildman–Crippen LogP) is 4.57. The van der Waals surface area contributed by atoms with Gasteiger partial charge in [-0.15, -0.1) is 11.3 Å². The normalized spacial score (nSPS) is 15.9. The van der Waals surface area contributed by atoms with Gasteiger partial charge in [0.25, 0.3) is 5.91 Å². The van der Waals surface area contributed by atoms with E-state index in [1.807, 2.05) is 30.3 Å². The minimum Gasteiger partial charge on any atom is -0.355 e. The number of thiophene rings is 1. The molecule has 4 nitrogen and oxygen atoms in total. The van der Waals surface area contributed by atoms with Crippen molar-refractivity contribution in [2.24, 2.45) is 5.92 Å². The molecule has 28 heavy (non-hydrogen) atoms. The highest BCUT2D eigenvalue weighted by Crippen LogP contribution is 2.39. The summed E-state index contributed by atoms with van der Waals surface area (Å²) in [7, 11) is 1.64. The summed E-state index contributed by atoms with van der Waals surface area (Å²) in [6, 6.07) is 14.1. The maximum absolute atomic E-state index is 12.8. The number of carbonyl (C=O) groups is 2. The van der Waals surface area contributed by atoms with E-state index >= 15 is 0 Å². The molecule has 1 aliphatic carbocycles. The molecule has 4 rings (SSSR count). The Hall–Kier alpha value is -2.66. The summed E-state index contributed by atoms with van der Waals surface area (Å²) in [5, 5.41) is 8.66. The third-order valence-electron chi connectivity index (χ3n) is 5.45. The van der Waals surface area contributed by atoms with Gasteiger partial charge in [0.2, 0.25) is 5.91 Å². The number of carbonyl (C=O) groups excluding carboxylic acids is 2. The van der Waals surface area contributed by atoms with Gasteiger partial charge in [-0.3, -0.25) is 9.59 Å². The lowest BCUT2D eigenvalue weighted by molar-refractivity contribution is -0.115. The first-order valence-electron chi connectivity index (χ1n) is 9.70. The first kappa shape index (κ1) is 18.7. The van der Waals surface area contributed by atoms with Crippen molar-refractivity contribution in [3.8, 4) is 0 Å². The fraction of sp³-hybridized carbons (Fsp3) is 0.304. The third kappa shape index (κ3) is 3.54. The zero-order valence-corrected chi connectivity index (χ0v) is 17.0. The molecule has 144 valence electrons. The summed E-state index contributed by atoms with van der Waals surface area (Å²) < 4.78 is 0. The molecule has 1 heterocycles. The Morgan fingerprint density at radius 1 is 1.14 bits per heavy atom. The zero-order chi connectivity index (χ0) is 19.7. The van der Waals surface area contributed by atoms with Crippen molar-refractivity contribution in [1.82, 2.24) is 5.32 Å². The maximum atomic E-state index is 12.8. The van der Waals surface area contributed by atoms with E-state index in [-0.39, 0.29) is 18.2 Å². The molecule has 1 atom stereocenters. The van der Waals surface area contributed by atoms with Crippen LogP contribution in [0, 0.1) is 5.92 Å². The number of fused-ring (bicyclic) bond motifs is 2. The Balaban J connectivity index is 1.61. The summed E-state index contributed by atoms with van der Waals surface area (Å²) >= 11 is 1.56. The van der Waals surface area contributed by atoms with Crippen LogP contribution in [0.3, 0.4) is 0 Å². The van der Waals surface area contributed by atoms with E-state index in [1.54, 1.807) is 18.4 Å². The number of rotatable bonds is 4. The van der Waals surface area contributed by atoms with Crippen LogP contribution in [0.4, 0.5) is 5.00 Å². The molecule has 1 aliphatic rings. The van der Waals surface area contributed by atoms with Gasteiger partial charge in [-0.1, -0.05) is 49.4 Å². The Morgan fingerprint density at radius 3 is 2.75 bits per heavy atom. The summed E-state index contributed by atoms with van der Waals surface area (Å²) in [6.07, 6.45) is 3.24. The monoisotopic (exact) mass is 392 g/mol. The van der Waals surface area contributed by atoms with Gasteiger partial charge < -0.3 is 10.6 Å². The second-order valence-corrected chi connectivity index (χ2v) is 8.60. The molecule has 0 saturated heterocycles. The van der Waals surface area contributed by atoms with Crippen molar-refractivity contribution >= 4 is 38.9 Å². The summed E-state index contributed by atoms with van der Waals surface area (Å²) in [5.41, 5.74) is 2.76. The number of nitrogens with one attached hydrogen (secondary N) is 2. The Morgan fingerprint density at radius 2 is 1.93 bits per heavy atom. The van der Waals surface area contributed by atoms with Crippen LogP contribution in [-0.2, 0) is 24.1 Å². The molecule has 0 bridgehead atoms. The van der Waals surface area contributed by atoms with Crippen LogP contribution in [0.2, 0.25) is 0 Å². The van der Waals surface area contributed by atoms with Crippen molar-refractivity contribution in [2.45, 2.75) is 32.6 Å². The standard InChI is InChI=1S/C23H24N2O2S/c1-14-10-11-18-19(12-14)28-23(21(18)22(27)24-2)25-20(26)13-16-8-5-7-15-6-3-4-9-17(15)16/h3-9,14H,10-13H2,1-2H3,(H,24,27)(H,25,26)/t14-/m1/s1. The van der Waals surface area contributed by atoms with Gasteiger partial charge >= 0.3 is 0 Å². The number of anilines is 1. The first-order chi connectivity index (χ1) is 13.6. The molecular weight excluding hydrogens is 368 g/mol. The molecule has 0 radical (unpaired) electrons. The topological polar surface area (TPSA) is 58.2 Å². The summed E-state index contributed by atoms with van der Waals surface area (Å²) in [5.74, 6) is 0.406. The molecule has 0 saturated carbocycles. The van der Waals surface area contributed by atoms with Crippen LogP contribution < -0.4 is 10.6 Å². The average molecular weight is 393 g/mol. The van der Waals surface area contributed by atoms with Crippen LogP contribution in [0.25, 0.3) is 10.8 Å². The van der Waals surface area contributed by atoms with E-state index in [2.05, 4.69) is 29.7 Å². The van der Waals surface area contributed by atoms with Gasteiger partial charge in [0.1, 0.15) is 5.00 Å². The van der Waals surface area contributed by atoms with Gasteiger partial charge in [0.05, 0.1) is 12.0 Å². The number of hydrogen-bond donors (Lipinski definition) is 2. The van der Waals surface area contributed by atoms with Crippen LogP contribution in [0.1, 0.15) is 39.7 Å². The fourth-order valence-corrected chi connectivity index (χ4v) is 5.42. The second-order valence-electron chi connectivity index (χ2n) is 7.50. The lowest BCUT2D eigenvalue weighted by Gasteiger charge is -2.18. The number of benzene rings is 2. The number of hydrogen-bond acceptors (Lipinski definition) is 3. The highest BCUT2D eigenvalue weighted by atomic mass is 32.1. The minimum atomic E-state index is -0.118. The van der Waals surface area contributed by atoms with Crippen LogP contribution in [-0.4, -0.2) is 18.9 Å². The molecule has 2 N–H and O–H groups in total. The largest absolute Gasteiger partial charge is 0.355 e. The van der Waals surface area contributed by atoms with Crippen LogP contribution in [0.15, 0.2) is 42.5 Å². The van der Waals surface area contributed by atoms with Gasteiger partial charge in [-0.05, 0) is 47.1 Å². The SMILES string of the molecule is CNC(=O)c1c(NC(=O)Cc2cccc3ccccc23)sc2c1CC[C@@H](C)C2. The molecule has 2 aromatic carbocycles. The molecule has 3 aromatic rings. The lowest BCUT2D eigenvalue weighted by Crippen LogP contribution is -2.23. The Labute approximate surface area is 169 Å². The predicted molar refractivity (Wildman–Crippen MR) is 115 cm³/mol. The fourth-order valence-electron chi connectivity index (χ4n) is 3.99. The molecule has 5 heteroatoms. The minimum absolute atomic E-state index is 0.0897. The van der Waals surface area contributed by atoms with Crippen molar-refractivity contribution < 1.29 is 9.59 Å². The van der Waals surface area contributed by atoms with E-state index in [1.165, 1.54) is 4.88 Å². The number of amides is 2. The van der Waals surface area contributed by atoms with Crippen LogP contribution in [0.5, 0.6) is 0 Å². The van der Waals surface area contributed by atoms with Crippen molar-refractivity contribution in [3.63, 3.8) is 0 Å². The van der Waals surface area contributed by atoms with Gasteiger partial charge in [-0.25, -0.2) is 0 Å². The van der Waals surface area contributed by atoms with E-state index in [4.69, 9.17) is 0 Å². The first-order valence-corrected chi connectivity index (χ1v) is 10.5. The van der Waals surface area contributed by atoms with E-state index in [0.29, 0.717) is 16.5 Å². The highest BCUT2D eigenvalue weighted by Gasteiger charge is 2.27. The highest BCUT2D eigenvalue weighted by molar-refractivity contribution is 7.17. The molecule has 1 aromatic heterocycles. The maximum Gasteiger partial charge on any atom is 0.254 e. The van der Waals surface area contributed by atoms with Crippen molar-refractivity contribution in [3.05, 3.63) is 64.0 Å². The van der Waals surface area contributed by atoms with Crippen molar-refractivity contribution in [1.29, 1.82) is 0 Å². The second kappa shape index (κ2) is 7.76. The van der Waals surface area contributed by atoms with E-state index < -0.39 is 0 Å². The molecule has 0 fully saturated rings. The van der Waals surface area contributed by atoms with E-state index in [0.717, 1.165) is 41.2 Å². The Bertz CT molecular complexity index is 1050. The average Bonchev–Trinajstić information content (AvgIpc) is 3.04. The zero-order valence-electron chi connectivity index (χ0n) is 16.2. The molecule has 0 spiro atoms. The summed E-state index contributed by atoms with van der Waals surface area (Å²) in [4.78, 5) is 26.6. The van der Waals surface area contributed by atoms with Crippen LogP contribution >= 0.6 is 11.3 Å². The van der Waals surface area contributed by atoms with E-state index in [9.17, 15) is 9.59 Å². The lowest BCUT2D eigenvalue weighted by atomic mass is 9.88. The molecular formula is C23H24N2O2S. The van der Waals surface area contributed by atoms with Gasteiger partial charge in [0, 0.05) is 11.9 Å². The van der Waals surface area contributed by atoms with Gasteiger partial charge in [-0.2, -0.15) is 0 Å². The van der Waals surface area contributed by atoms with Gasteiger partial charge in [0.15, 0.2) is 0 Å².